The number of hydrogen-bond acceptors (Lipinski definition) is 9. The molecule has 0 radical (unpaired) electrons. The zero-order valence-electron chi connectivity index (χ0n) is 19.8. The van der Waals surface area contributed by atoms with Crippen LogP contribution in [-0.2, 0) is 0 Å². The molecule has 10 nitrogen and oxygen atoms in total. The predicted molar refractivity (Wildman–Crippen MR) is 140 cm³/mol. The molecule has 0 fully saturated rings. The maximum Gasteiger partial charge on any atom is 0.201 e. The van der Waals surface area contributed by atoms with Crippen LogP contribution in [0.3, 0.4) is 0 Å². The smallest absolute Gasteiger partial charge is 0.201 e. The standard InChI is InChI=1S/C26H21ClN6O4/c1-13-8-17(14(2)31-19-5-6-20(27)32-22(19)26(28)33-35)25-18(9-13)23(34)21(16-11-30-36-12-16)24(37-25)15-4-3-7-29-10-15/h3-12,14,31,35H,1-2H3,(H2,28,33)/t14-/m1/s1. The van der Waals surface area contributed by atoms with E-state index in [0.717, 1.165) is 11.1 Å². The lowest BCUT2D eigenvalue weighted by Gasteiger charge is -2.20. The Morgan fingerprint density at radius 1 is 1.22 bits per heavy atom. The number of amidine groups is 1. The second-order valence-corrected chi connectivity index (χ2v) is 8.79. The lowest BCUT2D eigenvalue weighted by atomic mass is 9.97. The molecule has 0 saturated heterocycles. The minimum absolute atomic E-state index is 0.186. The number of benzene rings is 1. The lowest BCUT2D eigenvalue weighted by Crippen LogP contribution is -2.19. The van der Waals surface area contributed by atoms with Gasteiger partial charge in [0.25, 0.3) is 0 Å². The SMILES string of the molecule is Cc1cc([C@@H](C)Nc2ccc(Cl)nc2C(N)=NO)c2oc(-c3cccnc3)c(-c3cnoc3)c(=O)c2c1. The number of rotatable bonds is 6. The van der Waals surface area contributed by atoms with E-state index in [9.17, 15) is 10.0 Å². The number of aromatic nitrogens is 3. The van der Waals surface area contributed by atoms with Crippen LogP contribution in [0.4, 0.5) is 5.69 Å². The minimum Gasteiger partial charge on any atom is -0.455 e. The van der Waals surface area contributed by atoms with Crippen molar-refractivity contribution in [3.63, 3.8) is 0 Å². The van der Waals surface area contributed by atoms with Crippen LogP contribution in [0.5, 0.6) is 0 Å². The molecular weight excluding hydrogens is 496 g/mol. The lowest BCUT2D eigenvalue weighted by molar-refractivity contribution is 0.318. The third kappa shape index (κ3) is 4.50. The highest BCUT2D eigenvalue weighted by Gasteiger charge is 2.23. The molecule has 5 aromatic rings. The molecule has 0 aliphatic rings. The third-order valence-electron chi connectivity index (χ3n) is 5.86. The number of oxime groups is 1. The Hall–Kier alpha value is -4.70. The van der Waals surface area contributed by atoms with Gasteiger partial charge in [0.05, 0.1) is 28.9 Å². The topological polar surface area (TPSA) is 153 Å². The van der Waals surface area contributed by atoms with Crippen molar-refractivity contribution >= 4 is 34.1 Å². The summed E-state index contributed by atoms with van der Waals surface area (Å²) in [5, 5.41) is 19.9. The van der Waals surface area contributed by atoms with Gasteiger partial charge in [-0.15, -0.1) is 0 Å². The molecule has 0 aliphatic heterocycles. The Morgan fingerprint density at radius 2 is 2.05 bits per heavy atom. The fraction of sp³-hybridized carbons (Fsp3) is 0.115. The highest BCUT2D eigenvalue weighted by Crippen LogP contribution is 2.36. The van der Waals surface area contributed by atoms with Gasteiger partial charge in [0, 0.05) is 29.1 Å². The molecule has 0 unspecified atom stereocenters. The van der Waals surface area contributed by atoms with Crippen LogP contribution >= 0.6 is 11.6 Å². The van der Waals surface area contributed by atoms with Crippen LogP contribution in [0, 0.1) is 6.92 Å². The van der Waals surface area contributed by atoms with Crippen LogP contribution in [0.25, 0.3) is 33.4 Å². The molecular formula is C26H21ClN6O4. The van der Waals surface area contributed by atoms with Crippen LogP contribution in [0.2, 0.25) is 5.15 Å². The molecule has 4 heterocycles. The number of aryl methyl sites for hydroxylation is 1. The van der Waals surface area contributed by atoms with Crippen molar-refractivity contribution < 1.29 is 14.1 Å². The van der Waals surface area contributed by atoms with Crippen molar-refractivity contribution in [1.82, 2.24) is 15.1 Å². The number of anilines is 1. The van der Waals surface area contributed by atoms with Gasteiger partial charge in [-0.05, 0) is 49.7 Å². The molecule has 1 aromatic carbocycles. The first-order valence-corrected chi connectivity index (χ1v) is 11.6. The number of nitrogens with one attached hydrogen (secondary N) is 1. The highest BCUT2D eigenvalue weighted by molar-refractivity contribution is 6.29. The third-order valence-corrected chi connectivity index (χ3v) is 6.07. The molecule has 11 heteroatoms. The number of nitrogens with two attached hydrogens (primary N) is 1. The Balaban J connectivity index is 1.72. The number of halogens is 1. The average molecular weight is 517 g/mol. The summed E-state index contributed by atoms with van der Waals surface area (Å²) >= 11 is 6.02. The van der Waals surface area contributed by atoms with E-state index < -0.39 is 0 Å². The van der Waals surface area contributed by atoms with Crippen molar-refractivity contribution in [2.45, 2.75) is 19.9 Å². The summed E-state index contributed by atoms with van der Waals surface area (Å²) < 4.78 is 11.5. The normalized spacial score (nSPS) is 12.6. The zero-order chi connectivity index (χ0) is 26.1. The van der Waals surface area contributed by atoms with E-state index in [1.54, 1.807) is 36.7 Å². The molecule has 0 aliphatic carbocycles. The van der Waals surface area contributed by atoms with Crippen molar-refractivity contribution in [3.05, 3.63) is 93.4 Å². The van der Waals surface area contributed by atoms with Crippen molar-refractivity contribution in [2.75, 3.05) is 5.32 Å². The molecule has 37 heavy (non-hydrogen) atoms. The van der Waals surface area contributed by atoms with Gasteiger partial charge in [-0.1, -0.05) is 28.0 Å². The molecule has 0 saturated carbocycles. The molecule has 5 rings (SSSR count). The Bertz CT molecular complexity index is 1680. The largest absolute Gasteiger partial charge is 0.455 e. The summed E-state index contributed by atoms with van der Waals surface area (Å²) in [5.74, 6) is 0.145. The van der Waals surface area contributed by atoms with E-state index in [1.165, 1.54) is 12.5 Å². The van der Waals surface area contributed by atoms with Crippen LogP contribution in [-0.4, -0.2) is 26.2 Å². The van der Waals surface area contributed by atoms with Gasteiger partial charge in [0.2, 0.25) is 5.43 Å². The molecule has 0 amide bonds. The molecule has 186 valence electrons. The zero-order valence-corrected chi connectivity index (χ0v) is 20.5. The summed E-state index contributed by atoms with van der Waals surface area (Å²) in [7, 11) is 0. The van der Waals surface area contributed by atoms with Crippen LogP contribution in [0.1, 0.15) is 29.8 Å². The summed E-state index contributed by atoms with van der Waals surface area (Å²) in [5.41, 5.74) is 9.70. The maximum atomic E-state index is 13.9. The minimum atomic E-state index is -0.387. The molecule has 1 atom stereocenters. The van der Waals surface area contributed by atoms with Gasteiger partial charge in [-0.2, -0.15) is 0 Å². The van der Waals surface area contributed by atoms with Crippen LogP contribution < -0.4 is 16.5 Å². The maximum absolute atomic E-state index is 13.9. The Morgan fingerprint density at radius 3 is 2.76 bits per heavy atom. The molecule has 0 spiro atoms. The van der Waals surface area contributed by atoms with E-state index >= 15 is 0 Å². The monoisotopic (exact) mass is 516 g/mol. The van der Waals surface area contributed by atoms with Gasteiger partial charge >= 0.3 is 0 Å². The quantitative estimate of drug-likeness (QED) is 0.0915. The molecule has 4 aromatic heterocycles. The first-order chi connectivity index (χ1) is 17.9. The summed E-state index contributed by atoms with van der Waals surface area (Å²) in [6.07, 6.45) is 6.14. The van der Waals surface area contributed by atoms with Gasteiger partial charge in [-0.3, -0.25) is 9.78 Å². The van der Waals surface area contributed by atoms with Gasteiger partial charge in [-0.25, -0.2) is 4.98 Å². The highest BCUT2D eigenvalue weighted by atomic mass is 35.5. The first kappa shape index (κ1) is 24.0. The van der Waals surface area contributed by atoms with Gasteiger partial charge in [0.15, 0.2) is 5.84 Å². The van der Waals surface area contributed by atoms with Gasteiger partial charge in [0.1, 0.15) is 28.5 Å². The predicted octanol–water partition coefficient (Wildman–Crippen LogP) is 5.13. The number of hydrogen-bond donors (Lipinski definition) is 3. The second-order valence-electron chi connectivity index (χ2n) is 8.40. The number of nitrogens with zero attached hydrogens (tertiary/aromatic N) is 4. The van der Waals surface area contributed by atoms with Crippen LogP contribution in [0.15, 0.2) is 80.1 Å². The molecule has 4 N–H and O–H groups in total. The fourth-order valence-corrected chi connectivity index (χ4v) is 4.34. The van der Waals surface area contributed by atoms with E-state index in [2.05, 4.69) is 25.6 Å². The fourth-order valence-electron chi connectivity index (χ4n) is 4.19. The van der Waals surface area contributed by atoms with E-state index in [0.29, 0.717) is 39.1 Å². The van der Waals surface area contributed by atoms with E-state index in [-0.39, 0.29) is 28.2 Å². The summed E-state index contributed by atoms with van der Waals surface area (Å²) in [6, 6.07) is 10.2. The van der Waals surface area contributed by atoms with E-state index in [4.69, 9.17) is 26.3 Å². The molecule has 0 bridgehead atoms. The summed E-state index contributed by atoms with van der Waals surface area (Å²) in [6.45, 7) is 3.80. The first-order valence-electron chi connectivity index (χ1n) is 11.2. The van der Waals surface area contributed by atoms with Gasteiger partial charge < -0.3 is 25.2 Å². The number of pyridine rings is 2. The average Bonchev–Trinajstić information content (AvgIpc) is 3.44. The summed E-state index contributed by atoms with van der Waals surface area (Å²) in [4.78, 5) is 22.2. The Labute approximate surface area is 215 Å². The van der Waals surface area contributed by atoms with Crippen molar-refractivity contribution in [2.24, 2.45) is 10.9 Å². The van der Waals surface area contributed by atoms with Crippen molar-refractivity contribution in [3.8, 4) is 22.5 Å². The Kier molecular flexibility index (Phi) is 6.33. The number of fused-ring (bicyclic) bond motifs is 1. The second kappa shape index (κ2) is 9.75. The van der Waals surface area contributed by atoms with E-state index in [1.807, 2.05) is 26.0 Å². The van der Waals surface area contributed by atoms with Crippen molar-refractivity contribution in [1.29, 1.82) is 0 Å².